The van der Waals surface area contributed by atoms with Gasteiger partial charge in [0.05, 0.1) is 0 Å². The Morgan fingerprint density at radius 2 is 1.86 bits per heavy atom. The first-order chi connectivity index (χ1) is 13.8. The minimum Gasteiger partial charge on any atom is -0.464 e. The summed E-state index contributed by atoms with van der Waals surface area (Å²) in [6, 6.07) is 0. The van der Waals surface area contributed by atoms with E-state index in [1.807, 2.05) is 0 Å². The Morgan fingerprint density at radius 1 is 1.10 bits per heavy atom. The van der Waals surface area contributed by atoms with Gasteiger partial charge in [0.15, 0.2) is 12.4 Å². The van der Waals surface area contributed by atoms with Crippen LogP contribution in [0.4, 0.5) is 0 Å². The summed E-state index contributed by atoms with van der Waals surface area (Å²) in [6.45, 7) is 6.44. The van der Waals surface area contributed by atoms with Crippen molar-refractivity contribution < 1.29 is 23.9 Å². The number of rotatable bonds is 5. The van der Waals surface area contributed by atoms with Gasteiger partial charge in [-0.25, -0.2) is 0 Å². The van der Waals surface area contributed by atoms with Gasteiger partial charge in [-0.2, -0.15) is 0 Å². The summed E-state index contributed by atoms with van der Waals surface area (Å²) in [5, 5.41) is 0. The molecule has 0 heterocycles. The summed E-state index contributed by atoms with van der Waals surface area (Å²) < 4.78 is 10.3. The first kappa shape index (κ1) is 20.4. The average molecular weight is 401 g/mol. The molecule has 158 valence electrons. The van der Waals surface area contributed by atoms with Crippen LogP contribution in [0.1, 0.15) is 65.7 Å². The van der Waals surface area contributed by atoms with Crippen LogP contribution in [0.15, 0.2) is 23.3 Å². The fourth-order valence-corrected chi connectivity index (χ4v) is 7.07. The molecule has 0 N–H and O–H groups in total. The standard InChI is InChI=1S/C24H32O5/c1-15(26)28-13-22(27)21-7-6-19-18-5-4-16-12-17(29-14-25)8-10-23(16,2)20(18)9-11-24(19,21)3/h4,7,14,17-20H,5-6,8-13H2,1-3H3/t17-,18-,19-,20-,23-,24-/m0/s1. The summed E-state index contributed by atoms with van der Waals surface area (Å²) >= 11 is 0. The highest BCUT2D eigenvalue weighted by atomic mass is 16.5. The highest BCUT2D eigenvalue weighted by molar-refractivity contribution is 5.99. The summed E-state index contributed by atoms with van der Waals surface area (Å²) in [5.41, 5.74) is 2.41. The Hall–Kier alpha value is -1.91. The SMILES string of the molecule is CC(=O)OCC(=O)C1=CC[C@H]2[C@@H]3CC=C4C[C@@H](OC=O)CC[C@]4(C)[C@H]3CC[C@]12C. The van der Waals surface area contributed by atoms with Crippen LogP contribution in [0.25, 0.3) is 0 Å². The molecule has 6 atom stereocenters. The molecule has 2 saturated carbocycles. The first-order valence-electron chi connectivity index (χ1n) is 11.0. The summed E-state index contributed by atoms with van der Waals surface area (Å²) in [5.74, 6) is 1.22. The Bertz CT molecular complexity index is 780. The number of hydrogen-bond donors (Lipinski definition) is 0. The van der Waals surface area contributed by atoms with Crippen molar-refractivity contribution in [3.05, 3.63) is 23.3 Å². The molecule has 0 aromatic carbocycles. The van der Waals surface area contributed by atoms with Gasteiger partial charge in [0, 0.05) is 18.9 Å². The number of carbonyl (C=O) groups is 3. The van der Waals surface area contributed by atoms with Crippen LogP contribution >= 0.6 is 0 Å². The van der Waals surface area contributed by atoms with E-state index < -0.39 is 5.97 Å². The van der Waals surface area contributed by atoms with Gasteiger partial charge in [0.25, 0.3) is 6.47 Å². The van der Waals surface area contributed by atoms with Gasteiger partial charge < -0.3 is 9.47 Å². The highest BCUT2D eigenvalue weighted by Crippen LogP contribution is 2.65. The number of allylic oxidation sites excluding steroid dienone is 2. The quantitative estimate of drug-likeness (QED) is 0.394. The van der Waals surface area contributed by atoms with E-state index >= 15 is 0 Å². The molecule has 4 rings (SSSR count). The lowest BCUT2D eigenvalue weighted by Gasteiger charge is -2.57. The summed E-state index contributed by atoms with van der Waals surface area (Å²) in [4.78, 5) is 34.6. The molecule has 0 saturated heterocycles. The molecule has 0 aromatic heterocycles. The number of esters is 1. The number of fused-ring (bicyclic) bond motifs is 5. The number of carbonyl (C=O) groups excluding carboxylic acids is 3. The van der Waals surface area contributed by atoms with Crippen molar-refractivity contribution in [2.45, 2.75) is 71.8 Å². The average Bonchev–Trinajstić information content (AvgIpc) is 3.04. The monoisotopic (exact) mass is 400 g/mol. The minimum absolute atomic E-state index is 0.0240. The van der Waals surface area contributed by atoms with Gasteiger partial charge in [-0.05, 0) is 67.1 Å². The first-order valence-corrected chi connectivity index (χ1v) is 11.0. The van der Waals surface area contributed by atoms with Crippen LogP contribution in [-0.4, -0.2) is 30.9 Å². The van der Waals surface area contributed by atoms with Crippen molar-refractivity contribution in [2.75, 3.05) is 6.61 Å². The molecule has 0 amide bonds. The fourth-order valence-electron chi connectivity index (χ4n) is 7.07. The maximum Gasteiger partial charge on any atom is 0.303 e. The van der Waals surface area contributed by atoms with E-state index in [9.17, 15) is 14.4 Å². The van der Waals surface area contributed by atoms with E-state index in [4.69, 9.17) is 9.47 Å². The molecule has 5 heteroatoms. The van der Waals surface area contributed by atoms with Gasteiger partial charge in [-0.15, -0.1) is 0 Å². The normalized spacial score (nSPS) is 40.5. The topological polar surface area (TPSA) is 69.7 Å². The maximum absolute atomic E-state index is 12.8. The Morgan fingerprint density at radius 3 is 2.59 bits per heavy atom. The third kappa shape index (κ3) is 3.27. The van der Waals surface area contributed by atoms with Crippen molar-refractivity contribution in [2.24, 2.45) is 28.6 Å². The van der Waals surface area contributed by atoms with Crippen molar-refractivity contribution >= 4 is 18.2 Å². The third-order valence-corrected chi connectivity index (χ3v) is 8.59. The highest BCUT2D eigenvalue weighted by Gasteiger charge is 2.57. The Kier molecular flexibility index (Phi) is 5.20. The number of ketones is 1. The second kappa shape index (κ2) is 7.41. The van der Waals surface area contributed by atoms with Crippen LogP contribution < -0.4 is 0 Å². The predicted octanol–water partition coefficient (Wildman–Crippen LogP) is 4.16. The molecule has 0 aromatic rings. The van der Waals surface area contributed by atoms with Crippen LogP contribution in [0, 0.1) is 28.6 Å². The van der Waals surface area contributed by atoms with Crippen LogP contribution in [0.3, 0.4) is 0 Å². The maximum atomic E-state index is 12.8. The van der Waals surface area contributed by atoms with Gasteiger partial charge in [0.1, 0.15) is 6.10 Å². The molecule has 2 fully saturated rings. The fraction of sp³-hybridized carbons (Fsp3) is 0.708. The van der Waals surface area contributed by atoms with E-state index in [0.717, 1.165) is 50.5 Å². The van der Waals surface area contributed by atoms with E-state index in [2.05, 4.69) is 26.0 Å². The molecule has 5 nitrogen and oxygen atoms in total. The van der Waals surface area contributed by atoms with Crippen LogP contribution in [0.2, 0.25) is 0 Å². The van der Waals surface area contributed by atoms with Crippen LogP contribution in [0.5, 0.6) is 0 Å². The second-order valence-electron chi connectivity index (χ2n) is 9.87. The van der Waals surface area contributed by atoms with Crippen molar-refractivity contribution in [1.29, 1.82) is 0 Å². The minimum atomic E-state index is -0.408. The lowest BCUT2D eigenvalue weighted by atomic mass is 9.47. The Balaban J connectivity index is 1.53. The van der Waals surface area contributed by atoms with Crippen LogP contribution in [-0.2, 0) is 23.9 Å². The molecule has 29 heavy (non-hydrogen) atoms. The molecule has 0 unspecified atom stereocenters. The number of ether oxygens (including phenoxy) is 2. The van der Waals surface area contributed by atoms with E-state index in [1.165, 1.54) is 12.5 Å². The lowest BCUT2D eigenvalue weighted by molar-refractivity contribution is -0.145. The van der Waals surface area contributed by atoms with Gasteiger partial charge >= 0.3 is 5.97 Å². The zero-order chi connectivity index (χ0) is 20.8. The molecule has 0 aliphatic heterocycles. The Labute approximate surface area is 172 Å². The second-order valence-corrected chi connectivity index (χ2v) is 9.87. The number of Topliss-reactive ketones (excluding diaryl/α,β-unsaturated/α-hetero) is 1. The summed E-state index contributed by atoms with van der Waals surface area (Å²) in [7, 11) is 0. The van der Waals surface area contributed by atoms with E-state index in [-0.39, 0.29) is 29.3 Å². The predicted molar refractivity (Wildman–Crippen MR) is 108 cm³/mol. The summed E-state index contributed by atoms with van der Waals surface area (Å²) in [6.07, 6.45) is 11.5. The zero-order valence-corrected chi connectivity index (χ0v) is 17.7. The van der Waals surface area contributed by atoms with E-state index in [0.29, 0.717) is 24.2 Å². The molecule has 4 aliphatic rings. The van der Waals surface area contributed by atoms with Gasteiger partial charge in [0.2, 0.25) is 0 Å². The zero-order valence-electron chi connectivity index (χ0n) is 17.7. The molecular weight excluding hydrogens is 368 g/mol. The van der Waals surface area contributed by atoms with Crippen molar-refractivity contribution in [3.63, 3.8) is 0 Å². The number of hydrogen-bond acceptors (Lipinski definition) is 5. The molecule has 0 radical (unpaired) electrons. The van der Waals surface area contributed by atoms with Crippen molar-refractivity contribution in [1.82, 2.24) is 0 Å². The smallest absolute Gasteiger partial charge is 0.303 e. The largest absolute Gasteiger partial charge is 0.464 e. The molecular formula is C24H32O5. The van der Waals surface area contributed by atoms with Crippen molar-refractivity contribution in [3.8, 4) is 0 Å². The molecule has 0 bridgehead atoms. The third-order valence-electron chi connectivity index (χ3n) is 8.59. The molecule has 0 spiro atoms. The van der Waals surface area contributed by atoms with Gasteiger partial charge in [-0.3, -0.25) is 14.4 Å². The molecule has 4 aliphatic carbocycles. The van der Waals surface area contributed by atoms with Gasteiger partial charge in [-0.1, -0.05) is 31.6 Å². The van der Waals surface area contributed by atoms with E-state index in [1.54, 1.807) is 0 Å². The lowest BCUT2D eigenvalue weighted by Crippen LogP contribution is -2.50.